The molecule has 15 heavy (non-hydrogen) atoms. The normalized spacial score (nSPS) is 39.6. The lowest BCUT2D eigenvalue weighted by Gasteiger charge is -2.51. The van der Waals surface area contributed by atoms with Crippen LogP contribution in [0.2, 0.25) is 0 Å². The molecule has 3 aliphatic heterocycles. The van der Waals surface area contributed by atoms with E-state index in [0.717, 1.165) is 50.8 Å². The highest BCUT2D eigenvalue weighted by atomic mass is 79.9. The van der Waals surface area contributed by atoms with E-state index in [-0.39, 0.29) is 5.41 Å². The molecule has 0 amide bonds. The Morgan fingerprint density at radius 2 is 1.67 bits per heavy atom. The number of hydrogen-bond acceptors (Lipinski definition) is 3. The van der Waals surface area contributed by atoms with Crippen LogP contribution in [0.3, 0.4) is 0 Å². The number of halogens is 1. The van der Waals surface area contributed by atoms with Crippen molar-refractivity contribution < 1.29 is 14.2 Å². The van der Waals surface area contributed by atoms with Gasteiger partial charge in [0.25, 0.3) is 5.97 Å². The zero-order valence-electron chi connectivity index (χ0n) is 9.26. The average molecular weight is 279 g/mol. The van der Waals surface area contributed by atoms with E-state index >= 15 is 0 Å². The summed E-state index contributed by atoms with van der Waals surface area (Å²) >= 11 is 3.42. The fourth-order valence-electron chi connectivity index (χ4n) is 2.00. The van der Waals surface area contributed by atoms with E-state index < -0.39 is 5.97 Å². The third-order valence-electron chi connectivity index (χ3n) is 3.41. The molecule has 88 valence electrons. The third kappa shape index (κ3) is 2.38. The standard InChI is InChI=1S/C11H19BrO3/c1-2-10-7-13-11(14-8-10,15-9-10)5-3-4-6-12/h2-9H2,1H3. The van der Waals surface area contributed by atoms with Crippen LogP contribution in [0.5, 0.6) is 0 Å². The van der Waals surface area contributed by atoms with Gasteiger partial charge >= 0.3 is 0 Å². The lowest BCUT2D eigenvalue weighted by Crippen LogP contribution is -2.59. The lowest BCUT2D eigenvalue weighted by atomic mass is 9.86. The van der Waals surface area contributed by atoms with Crippen LogP contribution < -0.4 is 0 Å². The topological polar surface area (TPSA) is 27.7 Å². The molecule has 0 aromatic rings. The summed E-state index contributed by atoms with van der Waals surface area (Å²) in [5.41, 5.74) is 0.122. The molecule has 0 atom stereocenters. The summed E-state index contributed by atoms with van der Waals surface area (Å²) in [6.45, 7) is 4.53. The smallest absolute Gasteiger partial charge is 0.282 e. The van der Waals surface area contributed by atoms with Crippen LogP contribution in [-0.2, 0) is 14.2 Å². The summed E-state index contributed by atoms with van der Waals surface area (Å²) in [5.74, 6) is -0.709. The Morgan fingerprint density at radius 3 is 2.13 bits per heavy atom. The van der Waals surface area contributed by atoms with E-state index in [1.165, 1.54) is 0 Å². The molecule has 0 aliphatic carbocycles. The molecule has 0 radical (unpaired) electrons. The first-order valence-electron chi connectivity index (χ1n) is 5.72. The molecule has 0 aromatic heterocycles. The quantitative estimate of drug-likeness (QED) is 0.572. The summed E-state index contributed by atoms with van der Waals surface area (Å²) < 4.78 is 17.2. The Balaban J connectivity index is 1.86. The maximum absolute atomic E-state index is 5.75. The molecule has 3 aliphatic rings. The van der Waals surface area contributed by atoms with Gasteiger partial charge in [0.05, 0.1) is 19.8 Å². The van der Waals surface area contributed by atoms with Crippen molar-refractivity contribution in [2.75, 3.05) is 25.2 Å². The molecule has 3 fully saturated rings. The minimum Gasteiger partial charge on any atom is -0.327 e. The minimum atomic E-state index is -0.709. The molecule has 0 spiro atoms. The number of hydrogen-bond donors (Lipinski definition) is 0. The van der Waals surface area contributed by atoms with Crippen molar-refractivity contribution in [3.05, 3.63) is 0 Å². The Morgan fingerprint density at radius 1 is 1.07 bits per heavy atom. The van der Waals surface area contributed by atoms with Crippen molar-refractivity contribution in [2.45, 2.75) is 38.6 Å². The van der Waals surface area contributed by atoms with E-state index in [0.29, 0.717) is 0 Å². The van der Waals surface area contributed by atoms with E-state index in [2.05, 4.69) is 22.9 Å². The van der Waals surface area contributed by atoms with Gasteiger partial charge in [-0.2, -0.15) is 0 Å². The molecule has 0 aromatic carbocycles. The van der Waals surface area contributed by atoms with E-state index in [4.69, 9.17) is 14.2 Å². The van der Waals surface area contributed by atoms with Crippen molar-refractivity contribution in [1.29, 1.82) is 0 Å². The maximum atomic E-state index is 5.75. The summed E-state index contributed by atoms with van der Waals surface area (Å²) in [6.07, 6.45) is 4.12. The van der Waals surface area contributed by atoms with Crippen molar-refractivity contribution in [3.8, 4) is 0 Å². The van der Waals surface area contributed by atoms with E-state index in [9.17, 15) is 0 Å². The molecule has 0 saturated carbocycles. The van der Waals surface area contributed by atoms with Gasteiger partial charge in [-0.05, 0) is 19.3 Å². The molecule has 4 heteroatoms. The monoisotopic (exact) mass is 278 g/mol. The lowest BCUT2D eigenvalue weighted by molar-refractivity contribution is -0.470. The summed E-state index contributed by atoms with van der Waals surface area (Å²) in [4.78, 5) is 0. The molecule has 2 bridgehead atoms. The van der Waals surface area contributed by atoms with Crippen molar-refractivity contribution in [1.82, 2.24) is 0 Å². The SMILES string of the molecule is CCC12COC(CCCCBr)(OC1)OC2. The number of alkyl halides is 1. The Hall–Kier alpha value is 0.360. The predicted molar refractivity (Wildman–Crippen MR) is 61.0 cm³/mol. The molecular formula is C11H19BrO3. The predicted octanol–water partition coefficient (Wildman–Crippen LogP) is 2.68. The van der Waals surface area contributed by atoms with Gasteiger partial charge in [0.1, 0.15) is 0 Å². The molecule has 0 unspecified atom stereocenters. The van der Waals surface area contributed by atoms with Crippen LogP contribution in [0, 0.1) is 5.41 Å². The fourth-order valence-corrected chi connectivity index (χ4v) is 2.39. The Kier molecular flexibility index (Phi) is 3.71. The number of rotatable bonds is 5. The first-order valence-corrected chi connectivity index (χ1v) is 6.84. The first-order chi connectivity index (χ1) is 7.24. The zero-order valence-corrected chi connectivity index (χ0v) is 10.8. The molecule has 3 nitrogen and oxygen atoms in total. The highest BCUT2D eigenvalue weighted by molar-refractivity contribution is 9.09. The van der Waals surface area contributed by atoms with E-state index in [1.807, 2.05) is 0 Å². The second-order valence-electron chi connectivity index (χ2n) is 4.55. The molecule has 3 saturated heterocycles. The Bertz CT molecular complexity index is 189. The fraction of sp³-hybridized carbons (Fsp3) is 1.00. The van der Waals surface area contributed by atoms with Crippen LogP contribution in [0.1, 0.15) is 32.6 Å². The number of ether oxygens (including phenoxy) is 3. The summed E-state index contributed by atoms with van der Waals surface area (Å²) in [6, 6.07) is 0. The van der Waals surface area contributed by atoms with Gasteiger partial charge in [0.2, 0.25) is 0 Å². The van der Waals surface area contributed by atoms with Crippen LogP contribution in [0.15, 0.2) is 0 Å². The number of fused-ring (bicyclic) bond motifs is 3. The van der Waals surface area contributed by atoms with Gasteiger partial charge in [-0.3, -0.25) is 0 Å². The van der Waals surface area contributed by atoms with Gasteiger partial charge in [-0.15, -0.1) is 0 Å². The van der Waals surface area contributed by atoms with Crippen LogP contribution in [0.4, 0.5) is 0 Å². The van der Waals surface area contributed by atoms with Gasteiger partial charge < -0.3 is 14.2 Å². The van der Waals surface area contributed by atoms with Gasteiger partial charge in [0.15, 0.2) is 0 Å². The van der Waals surface area contributed by atoms with Crippen molar-refractivity contribution in [3.63, 3.8) is 0 Å². The van der Waals surface area contributed by atoms with E-state index in [1.54, 1.807) is 0 Å². The van der Waals surface area contributed by atoms with Crippen molar-refractivity contribution in [2.24, 2.45) is 5.41 Å². The van der Waals surface area contributed by atoms with Crippen LogP contribution in [-0.4, -0.2) is 31.1 Å². The molecule has 3 rings (SSSR count). The largest absolute Gasteiger partial charge is 0.327 e. The number of unbranched alkanes of at least 4 members (excludes halogenated alkanes) is 1. The third-order valence-corrected chi connectivity index (χ3v) is 3.97. The van der Waals surface area contributed by atoms with Crippen molar-refractivity contribution >= 4 is 15.9 Å². The van der Waals surface area contributed by atoms with Gasteiger partial charge in [0, 0.05) is 17.2 Å². The second-order valence-corrected chi connectivity index (χ2v) is 5.34. The first kappa shape index (κ1) is 11.8. The van der Waals surface area contributed by atoms with Crippen LogP contribution >= 0.6 is 15.9 Å². The highest BCUT2D eigenvalue weighted by Gasteiger charge is 2.51. The average Bonchev–Trinajstić information content (AvgIpc) is 2.32. The minimum absolute atomic E-state index is 0.122. The highest BCUT2D eigenvalue weighted by Crippen LogP contribution is 2.42. The summed E-state index contributed by atoms with van der Waals surface area (Å²) in [5, 5.41) is 1.03. The molecular weight excluding hydrogens is 260 g/mol. The Labute approximate surface area is 99.6 Å². The van der Waals surface area contributed by atoms with Gasteiger partial charge in [-0.25, -0.2) is 0 Å². The molecule has 0 N–H and O–H groups in total. The van der Waals surface area contributed by atoms with Gasteiger partial charge in [-0.1, -0.05) is 22.9 Å². The maximum Gasteiger partial charge on any atom is 0.282 e. The second kappa shape index (κ2) is 4.70. The summed E-state index contributed by atoms with van der Waals surface area (Å²) in [7, 11) is 0. The molecule has 3 heterocycles. The van der Waals surface area contributed by atoms with Crippen LogP contribution in [0.25, 0.3) is 0 Å². The zero-order chi connectivity index (χ0) is 10.8.